The highest BCUT2D eigenvalue weighted by Crippen LogP contribution is 2.26. The van der Waals surface area contributed by atoms with Crippen molar-refractivity contribution in [3.05, 3.63) is 55.8 Å². The highest BCUT2D eigenvalue weighted by Gasteiger charge is 2.24. The van der Waals surface area contributed by atoms with Gasteiger partial charge in [-0.15, -0.1) is 0 Å². The van der Waals surface area contributed by atoms with E-state index in [1.807, 2.05) is 0 Å². The predicted octanol–water partition coefficient (Wildman–Crippen LogP) is 0.161. The highest BCUT2D eigenvalue weighted by atomic mass is 35.5. The number of nitrogens with zero attached hydrogens (tertiary/aromatic N) is 3. The van der Waals surface area contributed by atoms with Crippen molar-refractivity contribution in [1.29, 1.82) is 0 Å². The van der Waals surface area contributed by atoms with Crippen LogP contribution in [0.5, 0.6) is 0 Å². The van der Waals surface area contributed by atoms with Gasteiger partial charge in [-0.05, 0) is 31.0 Å². The molecule has 0 saturated heterocycles. The zero-order chi connectivity index (χ0) is 21.8. The van der Waals surface area contributed by atoms with Gasteiger partial charge in [-0.25, -0.2) is 9.36 Å². The second kappa shape index (κ2) is 9.23. The van der Waals surface area contributed by atoms with Gasteiger partial charge < -0.3 is 16.2 Å². The first-order valence-electron chi connectivity index (χ1n) is 9.54. The number of nitrogens with one attached hydrogen (secondary N) is 1. The summed E-state index contributed by atoms with van der Waals surface area (Å²) in [5.41, 5.74) is 3.60. The smallest absolute Gasteiger partial charge is 0.352 e. The zero-order valence-corrected chi connectivity index (χ0v) is 16.8. The predicted molar refractivity (Wildman–Crippen MR) is 108 cm³/mol. The van der Waals surface area contributed by atoms with Crippen molar-refractivity contribution in [2.24, 2.45) is 11.7 Å². The topological polar surface area (TPSA) is 149 Å². The Kier molecular flexibility index (Phi) is 6.68. The monoisotopic (exact) mass is 435 g/mol. The fourth-order valence-corrected chi connectivity index (χ4v) is 3.72. The van der Waals surface area contributed by atoms with Gasteiger partial charge in [0.15, 0.2) is 0 Å². The van der Waals surface area contributed by atoms with Crippen molar-refractivity contribution in [1.82, 2.24) is 19.7 Å². The summed E-state index contributed by atoms with van der Waals surface area (Å²) in [6, 6.07) is 4.15. The van der Waals surface area contributed by atoms with Crippen LogP contribution in [0.3, 0.4) is 0 Å². The quantitative estimate of drug-likeness (QED) is 0.550. The number of hydrogen-bond donors (Lipinski definition) is 3. The van der Waals surface area contributed by atoms with Gasteiger partial charge in [-0.1, -0.05) is 30.9 Å². The van der Waals surface area contributed by atoms with Gasteiger partial charge in [0.1, 0.15) is 19.0 Å². The molecule has 160 valence electrons. The first-order valence-corrected chi connectivity index (χ1v) is 9.92. The standard InChI is InChI=1S/C19H22ClN5O5/c20-14-7-6-12(25-19(30)24(10-15(21)26)16(27)9-22-25)8-13(14)18(29)23-17(28)11-4-2-1-3-5-11/h6-9,11,17,28H,1-5,10H2,(H2,21,26)(H,23,29). The van der Waals surface area contributed by atoms with Crippen molar-refractivity contribution < 1.29 is 14.7 Å². The first-order chi connectivity index (χ1) is 14.3. The van der Waals surface area contributed by atoms with Crippen LogP contribution in [0.25, 0.3) is 5.69 Å². The lowest BCUT2D eigenvalue weighted by molar-refractivity contribution is -0.118. The van der Waals surface area contributed by atoms with E-state index in [-0.39, 0.29) is 22.2 Å². The molecule has 1 aliphatic rings. The molecule has 1 aliphatic carbocycles. The minimum Gasteiger partial charge on any atom is -0.373 e. The Morgan fingerprint density at radius 2 is 1.97 bits per heavy atom. The maximum atomic E-state index is 12.7. The molecule has 1 unspecified atom stereocenters. The fourth-order valence-electron chi connectivity index (χ4n) is 3.51. The third-order valence-electron chi connectivity index (χ3n) is 5.09. The summed E-state index contributed by atoms with van der Waals surface area (Å²) in [5, 5.41) is 16.8. The Bertz CT molecular complexity index is 1070. The number of carbonyl (C=O) groups is 2. The van der Waals surface area contributed by atoms with Crippen molar-refractivity contribution >= 4 is 23.4 Å². The van der Waals surface area contributed by atoms with Gasteiger partial charge in [0.25, 0.3) is 11.5 Å². The summed E-state index contributed by atoms with van der Waals surface area (Å²) in [7, 11) is 0. The summed E-state index contributed by atoms with van der Waals surface area (Å²) in [6.45, 7) is -0.602. The minimum atomic E-state index is -1.00. The molecule has 0 bridgehead atoms. The molecule has 1 heterocycles. The number of primary amides is 1. The summed E-state index contributed by atoms with van der Waals surface area (Å²) < 4.78 is 1.49. The molecule has 3 rings (SSSR count). The minimum absolute atomic E-state index is 0.0219. The maximum Gasteiger partial charge on any atom is 0.352 e. The van der Waals surface area contributed by atoms with Crippen LogP contribution in [0.2, 0.25) is 5.02 Å². The molecule has 4 N–H and O–H groups in total. The van der Waals surface area contributed by atoms with Crippen molar-refractivity contribution in [2.75, 3.05) is 0 Å². The average molecular weight is 436 g/mol. The molecular weight excluding hydrogens is 414 g/mol. The van der Waals surface area contributed by atoms with E-state index in [0.717, 1.165) is 43.0 Å². The van der Waals surface area contributed by atoms with E-state index in [9.17, 15) is 24.3 Å². The number of carbonyl (C=O) groups excluding carboxylic acids is 2. The third-order valence-corrected chi connectivity index (χ3v) is 5.42. The van der Waals surface area contributed by atoms with Crippen LogP contribution >= 0.6 is 11.6 Å². The molecule has 2 amide bonds. The Morgan fingerprint density at radius 3 is 2.63 bits per heavy atom. The summed E-state index contributed by atoms with van der Waals surface area (Å²) in [5.74, 6) is -1.48. The van der Waals surface area contributed by atoms with Crippen molar-refractivity contribution in [3.63, 3.8) is 0 Å². The molecule has 1 aromatic carbocycles. The van der Waals surface area contributed by atoms with Crippen LogP contribution in [-0.2, 0) is 11.3 Å². The van der Waals surface area contributed by atoms with E-state index in [1.165, 1.54) is 18.2 Å². The molecule has 0 aliphatic heterocycles. The number of halogens is 1. The van der Waals surface area contributed by atoms with Crippen LogP contribution in [-0.4, -0.2) is 37.5 Å². The fraction of sp³-hybridized carbons (Fsp3) is 0.421. The lowest BCUT2D eigenvalue weighted by Gasteiger charge is -2.27. The Hall–Kier alpha value is -2.98. The maximum absolute atomic E-state index is 12.7. The Labute approximate surface area is 176 Å². The summed E-state index contributed by atoms with van der Waals surface area (Å²) in [6.07, 6.45) is 4.64. The lowest BCUT2D eigenvalue weighted by atomic mass is 9.88. The largest absolute Gasteiger partial charge is 0.373 e. The van der Waals surface area contributed by atoms with Gasteiger partial charge >= 0.3 is 5.69 Å². The molecule has 10 nitrogen and oxygen atoms in total. The Balaban J connectivity index is 1.90. The van der Waals surface area contributed by atoms with E-state index >= 15 is 0 Å². The number of rotatable bonds is 6. The van der Waals surface area contributed by atoms with Gasteiger partial charge in [-0.2, -0.15) is 9.78 Å². The van der Waals surface area contributed by atoms with Gasteiger partial charge in [-0.3, -0.25) is 14.4 Å². The van der Waals surface area contributed by atoms with Crippen molar-refractivity contribution in [3.8, 4) is 5.69 Å². The average Bonchev–Trinajstić information content (AvgIpc) is 2.72. The number of aliphatic hydroxyl groups is 1. The molecule has 1 saturated carbocycles. The second-order valence-electron chi connectivity index (χ2n) is 7.21. The SMILES string of the molecule is NC(=O)Cn1c(=O)cnn(-c2ccc(Cl)c(C(=O)NC(O)C3CCCCC3)c2)c1=O. The van der Waals surface area contributed by atoms with Crippen LogP contribution in [0.1, 0.15) is 42.5 Å². The number of aromatic nitrogens is 3. The number of aliphatic hydroxyl groups excluding tert-OH is 1. The van der Waals surface area contributed by atoms with Crippen LogP contribution in [0.15, 0.2) is 34.0 Å². The van der Waals surface area contributed by atoms with Crippen LogP contribution in [0, 0.1) is 5.92 Å². The molecule has 1 fully saturated rings. The molecular formula is C19H22ClN5O5. The molecule has 1 atom stereocenters. The second-order valence-corrected chi connectivity index (χ2v) is 7.62. The van der Waals surface area contributed by atoms with Gasteiger partial charge in [0, 0.05) is 5.92 Å². The number of nitrogens with two attached hydrogens (primary N) is 1. The molecule has 11 heteroatoms. The highest BCUT2D eigenvalue weighted by molar-refractivity contribution is 6.33. The molecule has 0 spiro atoms. The molecule has 1 aromatic heterocycles. The summed E-state index contributed by atoms with van der Waals surface area (Å²) >= 11 is 6.15. The first kappa shape index (κ1) is 21.7. The van der Waals surface area contributed by atoms with Gasteiger partial charge in [0.2, 0.25) is 5.91 Å². The molecule has 2 aromatic rings. The summed E-state index contributed by atoms with van der Waals surface area (Å²) in [4.78, 5) is 48.2. The van der Waals surface area contributed by atoms with E-state index in [4.69, 9.17) is 17.3 Å². The Morgan fingerprint density at radius 1 is 1.27 bits per heavy atom. The van der Waals surface area contributed by atoms with Crippen molar-refractivity contribution in [2.45, 2.75) is 44.9 Å². The zero-order valence-electron chi connectivity index (χ0n) is 16.1. The normalized spacial score (nSPS) is 15.5. The van der Waals surface area contributed by atoms with E-state index in [1.54, 1.807) is 0 Å². The van der Waals surface area contributed by atoms with Crippen LogP contribution < -0.4 is 22.3 Å². The molecule has 0 radical (unpaired) electrons. The van der Waals surface area contributed by atoms with E-state index in [0.29, 0.717) is 4.57 Å². The van der Waals surface area contributed by atoms with E-state index < -0.39 is 35.8 Å². The van der Waals surface area contributed by atoms with Gasteiger partial charge in [0.05, 0.1) is 16.3 Å². The number of benzene rings is 1. The number of hydrogen-bond acceptors (Lipinski definition) is 6. The number of amides is 2. The molecule has 30 heavy (non-hydrogen) atoms. The van der Waals surface area contributed by atoms with E-state index in [2.05, 4.69) is 10.4 Å². The van der Waals surface area contributed by atoms with Crippen LogP contribution in [0.4, 0.5) is 0 Å². The lowest BCUT2D eigenvalue weighted by Crippen LogP contribution is -2.43. The third kappa shape index (κ3) is 4.77.